The molecule has 0 radical (unpaired) electrons. The maximum Gasteiger partial charge on any atom is 0.262 e. The van der Waals surface area contributed by atoms with Gasteiger partial charge in [0.15, 0.2) is 0 Å². The molecule has 2 aromatic rings. The highest BCUT2D eigenvalue weighted by Crippen LogP contribution is 2.12. The number of anilines is 1. The van der Waals surface area contributed by atoms with Crippen molar-refractivity contribution in [3.63, 3.8) is 0 Å². The molecule has 20 heavy (non-hydrogen) atoms. The Labute approximate surface area is 116 Å². The van der Waals surface area contributed by atoms with E-state index in [1.165, 1.54) is 4.57 Å². The van der Waals surface area contributed by atoms with Crippen LogP contribution in [0.4, 0.5) is 5.95 Å². The molecule has 0 bridgehead atoms. The van der Waals surface area contributed by atoms with Gasteiger partial charge in [0, 0.05) is 20.0 Å². The highest BCUT2D eigenvalue weighted by Gasteiger charge is 2.20. The lowest BCUT2D eigenvalue weighted by Crippen LogP contribution is -2.32. The predicted octanol–water partition coefficient (Wildman–Crippen LogP) is 0.925. The average molecular weight is 272 g/mol. The van der Waals surface area contributed by atoms with E-state index in [9.17, 15) is 9.59 Å². The Morgan fingerprint density at radius 2 is 2.10 bits per heavy atom. The minimum Gasteiger partial charge on any atom is -0.338 e. The largest absolute Gasteiger partial charge is 0.338 e. The van der Waals surface area contributed by atoms with E-state index < -0.39 is 0 Å². The number of fused-ring (bicyclic) bond motifs is 1. The van der Waals surface area contributed by atoms with Crippen LogP contribution in [0.5, 0.6) is 0 Å². The first-order valence-corrected chi connectivity index (χ1v) is 6.64. The molecule has 0 atom stereocenters. The van der Waals surface area contributed by atoms with E-state index in [1.807, 2.05) is 18.2 Å². The number of carbonyl (C=O) groups is 1. The lowest BCUT2D eigenvalue weighted by atomic mass is 10.2. The zero-order valence-electron chi connectivity index (χ0n) is 11.3. The summed E-state index contributed by atoms with van der Waals surface area (Å²) in [5.74, 6) is 0.622. The lowest BCUT2D eigenvalue weighted by Gasteiger charge is -2.18. The summed E-state index contributed by atoms with van der Waals surface area (Å²) in [6.45, 7) is 1.14. The fourth-order valence-corrected chi connectivity index (χ4v) is 2.41. The minimum atomic E-state index is -0.0918. The summed E-state index contributed by atoms with van der Waals surface area (Å²) in [5.41, 5.74) is 0.566. The van der Waals surface area contributed by atoms with Crippen LogP contribution < -0.4 is 10.9 Å². The van der Waals surface area contributed by atoms with Crippen LogP contribution in [-0.4, -0.2) is 33.6 Å². The molecule has 6 heteroatoms. The SMILES string of the molecule is Cn1c(NCN2CCCC2=O)nc2ccccc2c1=O. The number of aromatic nitrogens is 2. The van der Waals surface area contributed by atoms with Crippen molar-refractivity contribution in [1.29, 1.82) is 0 Å². The molecule has 1 saturated heterocycles. The zero-order chi connectivity index (χ0) is 14.1. The van der Waals surface area contributed by atoms with Crippen LogP contribution in [0.25, 0.3) is 10.9 Å². The molecule has 3 rings (SSSR count). The van der Waals surface area contributed by atoms with Crippen molar-refractivity contribution >= 4 is 22.8 Å². The number of nitrogens with zero attached hydrogens (tertiary/aromatic N) is 3. The number of benzene rings is 1. The first-order valence-electron chi connectivity index (χ1n) is 6.64. The first kappa shape index (κ1) is 12.7. The van der Waals surface area contributed by atoms with Gasteiger partial charge >= 0.3 is 0 Å². The number of amides is 1. The van der Waals surface area contributed by atoms with Crippen molar-refractivity contribution < 1.29 is 4.79 Å². The van der Waals surface area contributed by atoms with Crippen LogP contribution in [0.15, 0.2) is 29.1 Å². The van der Waals surface area contributed by atoms with Crippen molar-refractivity contribution in [2.75, 3.05) is 18.5 Å². The molecule has 0 aliphatic carbocycles. The third-order valence-corrected chi connectivity index (χ3v) is 3.58. The van der Waals surface area contributed by atoms with E-state index in [2.05, 4.69) is 10.3 Å². The molecular formula is C14H16N4O2. The summed E-state index contributed by atoms with van der Waals surface area (Å²) < 4.78 is 1.48. The molecule has 1 aromatic carbocycles. The monoisotopic (exact) mass is 272 g/mol. The number of hydrogen-bond acceptors (Lipinski definition) is 4. The second-order valence-corrected chi connectivity index (χ2v) is 4.91. The van der Waals surface area contributed by atoms with Crippen LogP contribution in [0, 0.1) is 0 Å². The van der Waals surface area contributed by atoms with Gasteiger partial charge in [0.2, 0.25) is 11.9 Å². The fourth-order valence-electron chi connectivity index (χ4n) is 2.41. The Morgan fingerprint density at radius 1 is 1.30 bits per heavy atom. The molecule has 0 spiro atoms. The highest BCUT2D eigenvalue weighted by molar-refractivity contribution is 5.79. The smallest absolute Gasteiger partial charge is 0.262 e. The average Bonchev–Trinajstić information content (AvgIpc) is 2.87. The van der Waals surface area contributed by atoms with Gasteiger partial charge in [-0.1, -0.05) is 12.1 Å². The van der Waals surface area contributed by atoms with E-state index in [0.717, 1.165) is 13.0 Å². The fraction of sp³-hybridized carbons (Fsp3) is 0.357. The number of nitrogens with one attached hydrogen (secondary N) is 1. The molecule has 1 aliphatic heterocycles. The predicted molar refractivity (Wildman–Crippen MR) is 76.4 cm³/mol. The van der Waals surface area contributed by atoms with Gasteiger partial charge in [-0.25, -0.2) is 4.98 Å². The molecule has 1 amide bonds. The van der Waals surface area contributed by atoms with Gasteiger partial charge in [0.05, 0.1) is 17.6 Å². The number of rotatable bonds is 3. The van der Waals surface area contributed by atoms with Crippen molar-refractivity contribution in [2.45, 2.75) is 12.8 Å². The van der Waals surface area contributed by atoms with Crippen LogP contribution in [0.1, 0.15) is 12.8 Å². The molecule has 2 heterocycles. The molecule has 1 fully saturated rings. The maximum atomic E-state index is 12.2. The third kappa shape index (κ3) is 2.13. The van der Waals surface area contributed by atoms with Crippen molar-refractivity contribution in [1.82, 2.24) is 14.5 Å². The van der Waals surface area contributed by atoms with Crippen LogP contribution in [0.2, 0.25) is 0 Å². The number of carbonyl (C=O) groups excluding carboxylic acids is 1. The molecule has 0 unspecified atom stereocenters. The Morgan fingerprint density at radius 3 is 2.85 bits per heavy atom. The quantitative estimate of drug-likeness (QED) is 0.902. The van der Waals surface area contributed by atoms with E-state index >= 15 is 0 Å². The Kier molecular flexibility index (Phi) is 3.14. The third-order valence-electron chi connectivity index (χ3n) is 3.58. The highest BCUT2D eigenvalue weighted by atomic mass is 16.2. The van der Waals surface area contributed by atoms with E-state index in [0.29, 0.717) is 29.9 Å². The van der Waals surface area contributed by atoms with Crippen LogP contribution in [-0.2, 0) is 11.8 Å². The van der Waals surface area contributed by atoms with Crippen molar-refractivity contribution in [2.24, 2.45) is 7.05 Å². The Hall–Kier alpha value is -2.37. The standard InChI is InChI=1S/C14H16N4O2/c1-17-13(20)10-5-2-3-6-11(10)16-14(17)15-9-18-8-4-7-12(18)19/h2-3,5-6H,4,7-9H2,1H3,(H,15,16). The van der Waals surface area contributed by atoms with Gasteiger partial charge in [-0.2, -0.15) is 0 Å². The second kappa shape index (κ2) is 4.96. The summed E-state index contributed by atoms with van der Waals surface area (Å²) in [4.78, 5) is 29.9. The number of hydrogen-bond donors (Lipinski definition) is 1. The molecule has 6 nitrogen and oxygen atoms in total. The van der Waals surface area contributed by atoms with E-state index in [1.54, 1.807) is 18.0 Å². The number of para-hydroxylation sites is 1. The molecule has 0 saturated carbocycles. The number of likely N-dealkylation sites (tertiary alicyclic amines) is 1. The zero-order valence-corrected chi connectivity index (χ0v) is 11.3. The second-order valence-electron chi connectivity index (χ2n) is 4.91. The molecule has 1 aromatic heterocycles. The summed E-state index contributed by atoms with van der Waals surface area (Å²) in [7, 11) is 1.68. The van der Waals surface area contributed by atoms with Gasteiger partial charge < -0.3 is 10.2 Å². The van der Waals surface area contributed by atoms with E-state index in [-0.39, 0.29) is 11.5 Å². The molecule has 104 valence electrons. The van der Waals surface area contributed by atoms with Gasteiger partial charge in [-0.3, -0.25) is 14.2 Å². The van der Waals surface area contributed by atoms with Gasteiger partial charge in [0.1, 0.15) is 0 Å². The summed E-state index contributed by atoms with van der Waals surface area (Å²) in [6.07, 6.45) is 1.50. The summed E-state index contributed by atoms with van der Waals surface area (Å²) >= 11 is 0. The van der Waals surface area contributed by atoms with Gasteiger partial charge in [-0.15, -0.1) is 0 Å². The van der Waals surface area contributed by atoms with Crippen molar-refractivity contribution in [3.8, 4) is 0 Å². The minimum absolute atomic E-state index is 0.0918. The Bertz CT molecular complexity index is 723. The van der Waals surface area contributed by atoms with Crippen molar-refractivity contribution in [3.05, 3.63) is 34.6 Å². The first-order chi connectivity index (χ1) is 9.66. The van der Waals surface area contributed by atoms with Gasteiger partial charge in [0.25, 0.3) is 5.56 Å². The molecule has 1 N–H and O–H groups in total. The van der Waals surface area contributed by atoms with Crippen LogP contribution >= 0.6 is 0 Å². The summed E-state index contributed by atoms with van der Waals surface area (Å²) in [6, 6.07) is 7.24. The topological polar surface area (TPSA) is 67.2 Å². The maximum absolute atomic E-state index is 12.2. The lowest BCUT2D eigenvalue weighted by molar-refractivity contribution is -0.127. The van der Waals surface area contributed by atoms with Gasteiger partial charge in [-0.05, 0) is 18.6 Å². The molecular weight excluding hydrogens is 256 g/mol. The molecule has 1 aliphatic rings. The van der Waals surface area contributed by atoms with Crippen LogP contribution in [0.3, 0.4) is 0 Å². The Balaban J connectivity index is 1.89. The summed E-state index contributed by atoms with van der Waals surface area (Å²) in [5, 5.41) is 3.67. The van der Waals surface area contributed by atoms with E-state index in [4.69, 9.17) is 0 Å². The normalized spacial score (nSPS) is 15.1.